The van der Waals surface area contributed by atoms with E-state index in [0.29, 0.717) is 18.6 Å². The molecule has 0 saturated carbocycles. The molecule has 0 aliphatic carbocycles. The van der Waals surface area contributed by atoms with Gasteiger partial charge in [0.05, 0.1) is 10.6 Å². The molecule has 6 heteroatoms. The first-order valence-electron chi connectivity index (χ1n) is 6.88. The number of hydrogen-bond acceptors (Lipinski definition) is 2. The summed E-state index contributed by atoms with van der Waals surface area (Å²) in [5, 5.41) is -0.111. The van der Waals surface area contributed by atoms with Crippen molar-refractivity contribution in [3.8, 4) is 11.5 Å². The molecule has 0 heterocycles. The third kappa shape index (κ3) is 4.99. The van der Waals surface area contributed by atoms with E-state index >= 15 is 0 Å². The molecule has 0 amide bonds. The molecule has 122 valence electrons. The van der Waals surface area contributed by atoms with Crippen LogP contribution in [-0.2, 0) is 17.4 Å². The van der Waals surface area contributed by atoms with E-state index in [9.17, 15) is 18.0 Å². The molecule has 23 heavy (non-hydrogen) atoms. The number of ketones is 1. The van der Waals surface area contributed by atoms with E-state index in [1.165, 1.54) is 13.0 Å². The summed E-state index contributed by atoms with van der Waals surface area (Å²) >= 11 is 5.84. The maximum absolute atomic E-state index is 12.6. The smallest absolute Gasteiger partial charge is 0.416 e. The molecule has 0 saturated heterocycles. The predicted octanol–water partition coefficient (Wildman–Crippen LogP) is 5.67. The van der Waals surface area contributed by atoms with Crippen LogP contribution in [0.25, 0.3) is 0 Å². The number of rotatable bonds is 5. The second kappa shape index (κ2) is 7.04. The second-order valence-corrected chi connectivity index (χ2v) is 5.50. The van der Waals surface area contributed by atoms with Gasteiger partial charge < -0.3 is 9.53 Å². The quantitative estimate of drug-likeness (QED) is 0.699. The van der Waals surface area contributed by atoms with E-state index in [1.54, 1.807) is 24.3 Å². The van der Waals surface area contributed by atoms with Crippen molar-refractivity contribution >= 4 is 17.4 Å². The van der Waals surface area contributed by atoms with Crippen molar-refractivity contribution in [2.75, 3.05) is 0 Å². The molecular weight excluding hydrogens is 329 g/mol. The molecule has 0 N–H and O–H groups in total. The average molecular weight is 343 g/mol. The Balaban J connectivity index is 2.09. The standard InChI is InChI=1S/C17H14ClF3O2/c1-11(22)2-3-12-4-7-14(8-5-12)23-16-9-6-13(10-15(16)18)17(19,20)21/h4-10H,2-3H2,1H3. The van der Waals surface area contributed by atoms with E-state index in [2.05, 4.69) is 0 Å². The van der Waals surface area contributed by atoms with Gasteiger partial charge in [-0.3, -0.25) is 0 Å². The number of halogens is 4. The molecule has 0 radical (unpaired) electrons. The zero-order valence-electron chi connectivity index (χ0n) is 12.3. The number of carbonyl (C=O) groups is 1. The number of Topliss-reactive ketones (excluding diaryl/α,β-unsaturated/α-hetero) is 1. The monoisotopic (exact) mass is 342 g/mol. The number of benzene rings is 2. The Labute approximate surface area is 136 Å². The van der Waals surface area contributed by atoms with Gasteiger partial charge in [0, 0.05) is 6.42 Å². The number of ether oxygens (including phenoxy) is 1. The molecule has 0 aromatic heterocycles. The Kier molecular flexibility index (Phi) is 5.31. The third-order valence-corrected chi connectivity index (χ3v) is 3.47. The highest BCUT2D eigenvalue weighted by atomic mass is 35.5. The molecule has 0 atom stereocenters. The highest BCUT2D eigenvalue weighted by molar-refractivity contribution is 6.32. The van der Waals surface area contributed by atoms with Gasteiger partial charge in [-0.2, -0.15) is 13.2 Å². The summed E-state index contributed by atoms with van der Waals surface area (Å²) in [4.78, 5) is 10.9. The lowest BCUT2D eigenvalue weighted by atomic mass is 10.1. The summed E-state index contributed by atoms with van der Waals surface area (Å²) in [6.45, 7) is 1.53. The lowest BCUT2D eigenvalue weighted by Gasteiger charge is -2.11. The van der Waals surface area contributed by atoms with Crippen molar-refractivity contribution in [3.05, 3.63) is 58.6 Å². The highest BCUT2D eigenvalue weighted by Crippen LogP contribution is 2.36. The molecule has 2 aromatic carbocycles. The van der Waals surface area contributed by atoms with E-state index in [0.717, 1.165) is 17.7 Å². The molecular formula is C17H14ClF3O2. The summed E-state index contributed by atoms with van der Waals surface area (Å²) in [7, 11) is 0. The largest absolute Gasteiger partial charge is 0.456 e. The van der Waals surface area contributed by atoms with Crippen molar-refractivity contribution in [1.82, 2.24) is 0 Å². The lowest BCUT2D eigenvalue weighted by Crippen LogP contribution is -2.04. The predicted molar refractivity (Wildman–Crippen MR) is 82.0 cm³/mol. The van der Waals surface area contributed by atoms with Crippen LogP contribution in [0.1, 0.15) is 24.5 Å². The van der Waals surface area contributed by atoms with Crippen molar-refractivity contribution in [2.24, 2.45) is 0 Å². The summed E-state index contributed by atoms with van der Waals surface area (Å²) in [6.07, 6.45) is -3.35. The molecule has 2 aromatic rings. The maximum Gasteiger partial charge on any atom is 0.416 e. The Morgan fingerprint density at radius 2 is 1.78 bits per heavy atom. The van der Waals surface area contributed by atoms with Gasteiger partial charge in [0.2, 0.25) is 0 Å². The number of aryl methyl sites for hydroxylation is 1. The Hall–Kier alpha value is -2.01. The van der Waals surface area contributed by atoms with Crippen molar-refractivity contribution in [1.29, 1.82) is 0 Å². The van der Waals surface area contributed by atoms with Gasteiger partial charge in [-0.15, -0.1) is 0 Å². The van der Waals surface area contributed by atoms with Crippen LogP contribution < -0.4 is 4.74 Å². The minimum absolute atomic E-state index is 0.111. The summed E-state index contributed by atoms with van der Waals surface area (Å²) in [6, 6.07) is 9.91. The summed E-state index contributed by atoms with van der Waals surface area (Å²) in [5.41, 5.74) is 0.153. The molecule has 0 aliphatic rings. The van der Waals surface area contributed by atoms with Gasteiger partial charge in [0.15, 0.2) is 0 Å². The fourth-order valence-electron chi connectivity index (χ4n) is 1.93. The SMILES string of the molecule is CC(=O)CCc1ccc(Oc2ccc(C(F)(F)F)cc2Cl)cc1. The Morgan fingerprint density at radius 1 is 1.13 bits per heavy atom. The molecule has 0 unspecified atom stereocenters. The zero-order chi connectivity index (χ0) is 17.0. The van der Waals surface area contributed by atoms with Crippen LogP contribution in [0.5, 0.6) is 11.5 Å². The normalized spacial score (nSPS) is 11.3. The third-order valence-electron chi connectivity index (χ3n) is 3.18. The van der Waals surface area contributed by atoms with Crippen molar-refractivity contribution in [3.63, 3.8) is 0 Å². The molecule has 2 nitrogen and oxygen atoms in total. The minimum Gasteiger partial charge on any atom is -0.456 e. The number of hydrogen-bond donors (Lipinski definition) is 0. The minimum atomic E-state index is -4.44. The fourth-order valence-corrected chi connectivity index (χ4v) is 2.15. The number of carbonyl (C=O) groups excluding carboxylic acids is 1. The Bertz CT molecular complexity index is 694. The van der Waals surface area contributed by atoms with Gasteiger partial charge in [-0.1, -0.05) is 23.7 Å². The second-order valence-electron chi connectivity index (χ2n) is 5.09. The molecule has 0 aliphatic heterocycles. The molecule has 2 rings (SSSR count). The fraction of sp³-hybridized carbons (Fsp3) is 0.235. The van der Waals surface area contributed by atoms with E-state index in [-0.39, 0.29) is 16.6 Å². The van der Waals surface area contributed by atoms with Crippen LogP contribution in [0.2, 0.25) is 5.02 Å². The van der Waals surface area contributed by atoms with Gasteiger partial charge in [-0.25, -0.2) is 0 Å². The molecule has 0 spiro atoms. The molecule has 0 fully saturated rings. The van der Waals surface area contributed by atoms with Crippen molar-refractivity contribution in [2.45, 2.75) is 25.9 Å². The first-order valence-corrected chi connectivity index (χ1v) is 7.26. The number of alkyl halides is 3. The van der Waals surface area contributed by atoms with Crippen LogP contribution in [-0.4, -0.2) is 5.78 Å². The topological polar surface area (TPSA) is 26.3 Å². The molecule has 0 bridgehead atoms. The van der Waals surface area contributed by atoms with Gasteiger partial charge in [-0.05, 0) is 49.2 Å². The van der Waals surface area contributed by atoms with Crippen LogP contribution >= 0.6 is 11.6 Å². The van der Waals surface area contributed by atoms with E-state index in [4.69, 9.17) is 16.3 Å². The van der Waals surface area contributed by atoms with Gasteiger partial charge in [0.25, 0.3) is 0 Å². The van der Waals surface area contributed by atoms with Gasteiger partial charge in [0.1, 0.15) is 17.3 Å². The van der Waals surface area contributed by atoms with Crippen LogP contribution in [0.4, 0.5) is 13.2 Å². The highest BCUT2D eigenvalue weighted by Gasteiger charge is 2.31. The van der Waals surface area contributed by atoms with Crippen LogP contribution in [0.3, 0.4) is 0 Å². The van der Waals surface area contributed by atoms with Gasteiger partial charge >= 0.3 is 6.18 Å². The van der Waals surface area contributed by atoms with E-state index < -0.39 is 11.7 Å². The maximum atomic E-state index is 12.6. The van der Waals surface area contributed by atoms with Crippen molar-refractivity contribution < 1.29 is 22.7 Å². The lowest BCUT2D eigenvalue weighted by molar-refractivity contribution is -0.137. The van der Waals surface area contributed by atoms with E-state index in [1.807, 2.05) is 0 Å². The van der Waals surface area contributed by atoms with Crippen LogP contribution in [0, 0.1) is 0 Å². The van der Waals surface area contributed by atoms with Crippen LogP contribution in [0.15, 0.2) is 42.5 Å². The summed E-state index contributed by atoms with van der Waals surface area (Å²) < 4.78 is 43.2. The zero-order valence-corrected chi connectivity index (χ0v) is 13.0. The first-order chi connectivity index (χ1) is 10.8. The average Bonchev–Trinajstić information content (AvgIpc) is 2.47. The Morgan fingerprint density at radius 3 is 2.30 bits per heavy atom. The first kappa shape index (κ1) is 17.3. The summed E-state index contributed by atoms with van der Waals surface area (Å²) in [5.74, 6) is 0.719.